The number of rotatable bonds is 5. The first-order valence-corrected chi connectivity index (χ1v) is 5.07. The van der Waals surface area contributed by atoms with Crippen molar-refractivity contribution in [2.24, 2.45) is 0 Å². The zero-order valence-electron chi connectivity index (χ0n) is 10.7. The molecule has 0 heterocycles. The highest BCUT2D eigenvalue weighted by molar-refractivity contribution is 5.66. The zero-order chi connectivity index (χ0) is 13.0. The first-order chi connectivity index (χ1) is 7.04. The minimum atomic E-state index is -1.05. The lowest BCUT2D eigenvalue weighted by molar-refractivity contribution is -0.259. The van der Waals surface area contributed by atoms with Gasteiger partial charge in [-0.3, -0.25) is 9.59 Å². The standard InChI is InChI=1S/C11H20O5/c1-8(12)14-7-10(3,4)16-11(5,6)15-9(2)13/h7H2,1-6H3. The predicted molar refractivity (Wildman–Crippen MR) is 57.6 cm³/mol. The molecule has 0 rings (SSSR count). The molecular weight excluding hydrogens is 212 g/mol. The second-order valence-electron chi connectivity index (χ2n) is 4.64. The molecule has 0 spiro atoms. The molecule has 0 saturated heterocycles. The van der Waals surface area contributed by atoms with Crippen molar-refractivity contribution in [2.75, 3.05) is 6.61 Å². The SMILES string of the molecule is CC(=O)OCC(C)(C)OC(C)(C)OC(C)=O. The molecule has 0 N–H and O–H groups in total. The van der Waals surface area contributed by atoms with Crippen molar-refractivity contribution in [3.05, 3.63) is 0 Å². The Balaban J connectivity index is 4.32. The largest absolute Gasteiger partial charge is 0.463 e. The summed E-state index contributed by atoms with van der Waals surface area (Å²) in [5, 5.41) is 0. The maximum Gasteiger partial charge on any atom is 0.305 e. The van der Waals surface area contributed by atoms with Crippen LogP contribution in [0, 0.1) is 0 Å². The average Bonchev–Trinajstić information content (AvgIpc) is 1.95. The topological polar surface area (TPSA) is 61.8 Å². The average molecular weight is 232 g/mol. The molecule has 0 amide bonds. The Morgan fingerprint density at radius 3 is 1.88 bits per heavy atom. The number of esters is 2. The molecule has 0 aromatic heterocycles. The van der Waals surface area contributed by atoms with E-state index in [9.17, 15) is 9.59 Å². The molecule has 0 unspecified atom stereocenters. The zero-order valence-corrected chi connectivity index (χ0v) is 10.7. The van der Waals surface area contributed by atoms with E-state index in [4.69, 9.17) is 14.2 Å². The maximum absolute atomic E-state index is 10.8. The van der Waals surface area contributed by atoms with Crippen molar-refractivity contribution in [3.63, 3.8) is 0 Å². The van der Waals surface area contributed by atoms with Crippen LogP contribution in [0.5, 0.6) is 0 Å². The molecule has 0 aromatic carbocycles. The van der Waals surface area contributed by atoms with Crippen LogP contribution in [0.15, 0.2) is 0 Å². The lowest BCUT2D eigenvalue weighted by atomic mass is 10.1. The third kappa shape index (κ3) is 7.23. The van der Waals surface area contributed by atoms with Gasteiger partial charge in [0, 0.05) is 27.7 Å². The van der Waals surface area contributed by atoms with Crippen LogP contribution < -0.4 is 0 Å². The van der Waals surface area contributed by atoms with E-state index in [0.717, 1.165) is 0 Å². The van der Waals surface area contributed by atoms with E-state index in [0.29, 0.717) is 0 Å². The summed E-state index contributed by atoms with van der Waals surface area (Å²) in [5.41, 5.74) is -0.718. The van der Waals surface area contributed by atoms with Gasteiger partial charge in [-0.25, -0.2) is 0 Å². The van der Waals surface area contributed by atoms with Gasteiger partial charge in [-0.15, -0.1) is 0 Å². The molecule has 0 aliphatic carbocycles. The minimum absolute atomic E-state index is 0.104. The predicted octanol–water partition coefficient (Wildman–Crippen LogP) is 1.64. The third-order valence-electron chi connectivity index (χ3n) is 1.53. The van der Waals surface area contributed by atoms with Gasteiger partial charge in [0.1, 0.15) is 12.2 Å². The molecule has 16 heavy (non-hydrogen) atoms. The Labute approximate surface area is 96.1 Å². The number of carbonyl (C=O) groups is 2. The highest BCUT2D eigenvalue weighted by atomic mass is 16.7. The summed E-state index contributed by atoms with van der Waals surface area (Å²) in [6.07, 6.45) is 0. The Kier molecular flexibility index (Phi) is 4.93. The van der Waals surface area contributed by atoms with Crippen LogP contribution in [0.4, 0.5) is 0 Å². The minimum Gasteiger partial charge on any atom is -0.463 e. The van der Waals surface area contributed by atoms with E-state index in [-0.39, 0.29) is 12.6 Å². The molecule has 0 bridgehead atoms. The molecule has 94 valence electrons. The monoisotopic (exact) mass is 232 g/mol. The van der Waals surface area contributed by atoms with Crippen LogP contribution in [-0.2, 0) is 23.8 Å². The Hall–Kier alpha value is -1.10. The quantitative estimate of drug-likeness (QED) is 0.532. The summed E-state index contributed by atoms with van der Waals surface area (Å²) < 4.78 is 15.4. The normalized spacial score (nSPS) is 12.1. The Morgan fingerprint density at radius 1 is 1.00 bits per heavy atom. The molecule has 0 fully saturated rings. The van der Waals surface area contributed by atoms with E-state index in [2.05, 4.69) is 0 Å². The number of ether oxygens (including phenoxy) is 3. The maximum atomic E-state index is 10.8. The summed E-state index contributed by atoms with van der Waals surface area (Å²) in [7, 11) is 0. The molecule has 5 heteroatoms. The van der Waals surface area contributed by atoms with Crippen molar-refractivity contribution in [2.45, 2.75) is 52.9 Å². The van der Waals surface area contributed by atoms with Gasteiger partial charge >= 0.3 is 11.9 Å². The summed E-state index contributed by atoms with van der Waals surface area (Å²) in [6, 6.07) is 0. The number of carbonyl (C=O) groups excluding carboxylic acids is 2. The van der Waals surface area contributed by atoms with Crippen LogP contribution in [-0.4, -0.2) is 29.9 Å². The summed E-state index contributed by atoms with van der Waals surface area (Å²) in [5.74, 6) is -1.84. The molecule has 0 aromatic rings. The van der Waals surface area contributed by atoms with E-state index >= 15 is 0 Å². The lowest BCUT2D eigenvalue weighted by Crippen LogP contribution is -2.43. The molecule has 0 radical (unpaired) electrons. The van der Waals surface area contributed by atoms with Gasteiger partial charge in [0.2, 0.25) is 5.79 Å². The summed E-state index contributed by atoms with van der Waals surface area (Å²) in [4.78, 5) is 21.5. The molecule has 0 atom stereocenters. The summed E-state index contributed by atoms with van der Waals surface area (Å²) in [6.45, 7) is 9.50. The van der Waals surface area contributed by atoms with Gasteiger partial charge in [-0.05, 0) is 13.8 Å². The highest BCUT2D eigenvalue weighted by Crippen LogP contribution is 2.22. The molecule has 0 aliphatic heterocycles. The fraction of sp³-hybridized carbons (Fsp3) is 0.818. The first-order valence-electron chi connectivity index (χ1n) is 5.07. The van der Waals surface area contributed by atoms with Gasteiger partial charge in [-0.1, -0.05) is 0 Å². The van der Waals surface area contributed by atoms with Gasteiger partial charge in [0.25, 0.3) is 0 Å². The van der Waals surface area contributed by atoms with Crippen LogP contribution in [0.25, 0.3) is 0 Å². The van der Waals surface area contributed by atoms with E-state index in [1.165, 1.54) is 13.8 Å². The van der Waals surface area contributed by atoms with Crippen LogP contribution in [0.3, 0.4) is 0 Å². The Bertz CT molecular complexity index is 268. The lowest BCUT2D eigenvalue weighted by Gasteiger charge is -2.34. The first kappa shape index (κ1) is 14.9. The van der Waals surface area contributed by atoms with Gasteiger partial charge in [-0.2, -0.15) is 0 Å². The smallest absolute Gasteiger partial charge is 0.305 e. The van der Waals surface area contributed by atoms with Crippen molar-refractivity contribution >= 4 is 11.9 Å². The van der Waals surface area contributed by atoms with Crippen molar-refractivity contribution in [1.82, 2.24) is 0 Å². The number of hydrogen-bond acceptors (Lipinski definition) is 5. The van der Waals surface area contributed by atoms with Gasteiger partial charge in [0.05, 0.1) is 0 Å². The second kappa shape index (κ2) is 5.30. The van der Waals surface area contributed by atoms with Crippen molar-refractivity contribution in [1.29, 1.82) is 0 Å². The van der Waals surface area contributed by atoms with E-state index < -0.39 is 17.4 Å². The fourth-order valence-corrected chi connectivity index (χ4v) is 1.34. The molecule has 5 nitrogen and oxygen atoms in total. The van der Waals surface area contributed by atoms with Gasteiger partial charge < -0.3 is 14.2 Å². The molecule has 0 aliphatic rings. The van der Waals surface area contributed by atoms with Crippen molar-refractivity contribution < 1.29 is 23.8 Å². The molecule has 0 saturated carbocycles. The number of hydrogen-bond donors (Lipinski definition) is 0. The van der Waals surface area contributed by atoms with E-state index in [1.54, 1.807) is 27.7 Å². The second-order valence-corrected chi connectivity index (χ2v) is 4.64. The van der Waals surface area contributed by atoms with Crippen LogP contribution in [0.1, 0.15) is 41.5 Å². The Morgan fingerprint density at radius 2 is 1.50 bits per heavy atom. The van der Waals surface area contributed by atoms with Crippen LogP contribution >= 0.6 is 0 Å². The van der Waals surface area contributed by atoms with Crippen molar-refractivity contribution in [3.8, 4) is 0 Å². The summed E-state index contributed by atoms with van der Waals surface area (Å²) >= 11 is 0. The van der Waals surface area contributed by atoms with E-state index in [1.807, 2.05) is 0 Å². The third-order valence-corrected chi connectivity index (χ3v) is 1.53. The van der Waals surface area contributed by atoms with Crippen LogP contribution in [0.2, 0.25) is 0 Å². The van der Waals surface area contributed by atoms with Gasteiger partial charge in [0.15, 0.2) is 0 Å². The molecular formula is C11H20O5. The fourth-order valence-electron chi connectivity index (χ4n) is 1.34. The highest BCUT2D eigenvalue weighted by Gasteiger charge is 2.32.